The number of hydrogen-bond acceptors (Lipinski definition) is 4. The molecule has 0 radical (unpaired) electrons. The van der Waals surface area contributed by atoms with Crippen LogP contribution in [0.2, 0.25) is 0 Å². The predicted octanol–water partition coefficient (Wildman–Crippen LogP) is 13.0. The molecule has 0 bridgehead atoms. The summed E-state index contributed by atoms with van der Waals surface area (Å²) in [5.74, 6) is 1.74. The molecule has 4 aromatic heterocycles. The van der Waals surface area contributed by atoms with E-state index in [1.54, 1.807) is 0 Å². The molecule has 0 saturated heterocycles. The second kappa shape index (κ2) is 12.3. The van der Waals surface area contributed by atoms with Gasteiger partial charge in [0.15, 0.2) is 11.6 Å². The van der Waals surface area contributed by atoms with Gasteiger partial charge in [-0.05, 0) is 53.6 Å². The van der Waals surface area contributed by atoms with E-state index in [1.807, 2.05) is 42.5 Å². The highest BCUT2D eigenvalue weighted by molar-refractivity contribution is 6.17. The Labute approximate surface area is 326 Å². The van der Waals surface area contributed by atoms with Gasteiger partial charge in [0.05, 0.1) is 22.1 Å². The van der Waals surface area contributed by atoms with Crippen LogP contribution in [0, 0.1) is 0 Å². The molecule has 0 unspecified atom stereocenters. The van der Waals surface area contributed by atoms with E-state index in [0.717, 1.165) is 71.6 Å². The highest BCUT2D eigenvalue weighted by atomic mass is 16.3. The number of rotatable bonds is 5. The molecule has 0 N–H and O–H groups in total. The summed E-state index contributed by atoms with van der Waals surface area (Å²) in [5.41, 5.74) is 11.2. The third-order valence-corrected chi connectivity index (χ3v) is 11.2. The lowest BCUT2D eigenvalue weighted by atomic mass is 9.99. The maximum Gasteiger partial charge on any atom is 0.238 e. The van der Waals surface area contributed by atoms with Crippen molar-refractivity contribution in [1.29, 1.82) is 0 Å². The van der Waals surface area contributed by atoms with E-state index in [0.29, 0.717) is 17.6 Å². The van der Waals surface area contributed by atoms with Crippen LogP contribution in [0.3, 0.4) is 0 Å². The molecule has 0 fully saturated rings. The van der Waals surface area contributed by atoms with Gasteiger partial charge in [-0.3, -0.25) is 4.57 Å². The third kappa shape index (κ3) is 4.81. The minimum absolute atomic E-state index is 0.560. The molecule has 0 aliphatic carbocycles. The fourth-order valence-corrected chi connectivity index (χ4v) is 8.74. The molecule has 8 aromatic carbocycles. The lowest BCUT2D eigenvalue weighted by molar-refractivity contribution is 0.668. The molecule has 57 heavy (non-hydrogen) atoms. The summed E-state index contributed by atoms with van der Waals surface area (Å²) >= 11 is 0. The molecule has 0 aliphatic heterocycles. The monoisotopic (exact) mass is 729 g/mol. The Bertz CT molecular complexity index is 3470. The van der Waals surface area contributed by atoms with Crippen LogP contribution in [0.4, 0.5) is 0 Å². The predicted molar refractivity (Wildman–Crippen MR) is 232 cm³/mol. The molecule has 12 rings (SSSR count). The van der Waals surface area contributed by atoms with Gasteiger partial charge in [-0.1, -0.05) is 140 Å². The van der Waals surface area contributed by atoms with Crippen molar-refractivity contribution in [2.75, 3.05) is 0 Å². The van der Waals surface area contributed by atoms with Gasteiger partial charge in [-0.15, -0.1) is 0 Å². The van der Waals surface area contributed by atoms with Crippen molar-refractivity contribution in [2.24, 2.45) is 0 Å². The number of benzene rings is 8. The highest BCUT2D eigenvalue weighted by Gasteiger charge is 2.22. The Balaban J connectivity index is 1.08. The molecule has 6 heteroatoms. The first-order chi connectivity index (χ1) is 28.3. The van der Waals surface area contributed by atoms with Gasteiger partial charge in [-0.25, -0.2) is 4.98 Å². The Morgan fingerprint density at radius 2 is 0.930 bits per heavy atom. The van der Waals surface area contributed by atoms with Gasteiger partial charge in [-0.2, -0.15) is 9.97 Å². The maximum atomic E-state index is 6.71. The first kappa shape index (κ1) is 31.5. The van der Waals surface area contributed by atoms with E-state index < -0.39 is 0 Å². The van der Waals surface area contributed by atoms with Gasteiger partial charge in [0, 0.05) is 55.2 Å². The first-order valence-electron chi connectivity index (χ1n) is 19.1. The van der Waals surface area contributed by atoms with E-state index in [9.17, 15) is 0 Å². The maximum absolute atomic E-state index is 6.71. The lowest BCUT2D eigenvalue weighted by Crippen LogP contribution is -2.06. The smallest absolute Gasteiger partial charge is 0.238 e. The number of aromatic nitrogens is 5. The molecule has 6 nitrogen and oxygen atoms in total. The summed E-state index contributed by atoms with van der Waals surface area (Å²) in [7, 11) is 0. The molecular weight excluding hydrogens is 699 g/mol. The molecule has 0 saturated carbocycles. The summed E-state index contributed by atoms with van der Waals surface area (Å²) in [6, 6.07) is 65.5. The number of furan rings is 1. The second-order valence-corrected chi connectivity index (χ2v) is 14.4. The zero-order valence-electron chi connectivity index (χ0n) is 30.5. The lowest BCUT2D eigenvalue weighted by Gasteiger charge is -2.11. The minimum Gasteiger partial charge on any atom is -0.456 e. The number of nitrogens with zero attached hydrogens (tertiary/aromatic N) is 5. The first-order valence-corrected chi connectivity index (χ1v) is 19.1. The quantitative estimate of drug-likeness (QED) is 0.177. The van der Waals surface area contributed by atoms with Crippen molar-refractivity contribution in [1.82, 2.24) is 24.1 Å². The molecule has 0 atom stereocenters. The Hall–Kier alpha value is -7.83. The van der Waals surface area contributed by atoms with Crippen LogP contribution < -0.4 is 0 Å². The van der Waals surface area contributed by atoms with Crippen molar-refractivity contribution in [2.45, 2.75) is 0 Å². The van der Waals surface area contributed by atoms with Crippen LogP contribution in [0.25, 0.3) is 111 Å². The SMILES string of the molecule is c1ccc(-c2nc(-c3cccc4oc5cc(-n6c7ccccc7c7c(-c8ccccc8)cccc76)ccc5c34)nc(-n3c4ccccc4c4ccccc43)n2)cc1. The summed E-state index contributed by atoms with van der Waals surface area (Å²) in [6.45, 7) is 0. The number of para-hydroxylation sites is 3. The van der Waals surface area contributed by atoms with E-state index in [4.69, 9.17) is 19.4 Å². The molecule has 0 amide bonds. The van der Waals surface area contributed by atoms with E-state index in [-0.39, 0.29) is 0 Å². The van der Waals surface area contributed by atoms with Crippen LogP contribution in [0.5, 0.6) is 0 Å². The fourth-order valence-electron chi connectivity index (χ4n) is 8.74. The summed E-state index contributed by atoms with van der Waals surface area (Å²) < 4.78 is 11.2. The van der Waals surface area contributed by atoms with Crippen LogP contribution in [0.1, 0.15) is 0 Å². The van der Waals surface area contributed by atoms with E-state index in [2.05, 4.69) is 155 Å². The van der Waals surface area contributed by atoms with Crippen LogP contribution in [0.15, 0.2) is 192 Å². The van der Waals surface area contributed by atoms with Crippen LogP contribution in [-0.2, 0) is 0 Å². The minimum atomic E-state index is 0.560. The average molecular weight is 730 g/mol. The van der Waals surface area contributed by atoms with Crippen LogP contribution >= 0.6 is 0 Å². The zero-order valence-corrected chi connectivity index (χ0v) is 30.5. The molecule has 266 valence electrons. The molecule has 4 heterocycles. The van der Waals surface area contributed by atoms with Crippen molar-refractivity contribution in [3.63, 3.8) is 0 Å². The Morgan fingerprint density at radius 3 is 1.67 bits per heavy atom. The van der Waals surface area contributed by atoms with Crippen molar-refractivity contribution >= 4 is 65.6 Å². The van der Waals surface area contributed by atoms with Gasteiger partial charge in [0.2, 0.25) is 5.95 Å². The van der Waals surface area contributed by atoms with Crippen molar-refractivity contribution in [3.05, 3.63) is 188 Å². The van der Waals surface area contributed by atoms with Gasteiger partial charge in [0.25, 0.3) is 0 Å². The van der Waals surface area contributed by atoms with Gasteiger partial charge >= 0.3 is 0 Å². The normalized spacial score (nSPS) is 11.9. The molecule has 12 aromatic rings. The average Bonchev–Trinajstić information content (AvgIpc) is 3.94. The van der Waals surface area contributed by atoms with E-state index in [1.165, 1.54) is 21.9 Å². The standard InChI is InChI=1S/C51H31N5O/c1-3-15-32(16-4-1)35-22-13-27-44-47(35)38-21-9-12-26-43(38)55(44)34-29-30-39-46(31-34)57-45-28-14-23-40(48(39)45)50-52-49(33-17-5-2-6-18-33)53-51(54-50)56-41-24-10-7-19-36(41)37-20-8-11-25-42(37)56/h1-31H. The number of fused-ring (bicyclic) bond motifs is 9. The van der Waals surface area contributed by atoms with Crippen molar-refractivity contribution in [3.8, 4) is 45.5 Å². The van der Waals surface area contributed by atoms with Crippen LogP contribution in [-0.4, -0.2) is 24.1 Å². The highest BCUT2D eigenvalue weighted by Crippen LogP contribution is 2.41. The molecule has 0 spiro atoms. The Morgan fingerprint density at radius 1 is 0.351 bits per heavy atom. The Kier molecular flexibility index (Phi) is 6.83. The number of hydrogen-bond donors (Lipinski definition) is 0. The summed E-state index contributed by atoms with van der Waals surface area (Å²) in [4.78, 5) is 15.6. The molecule has 0 aliphatic rings. The van der Waals surface area contributed by atoms with Gasteiger partial charge in [0.1, 0.15) is 11.2 Å². The van der Waals surface area contributed by atoms with E-state index >= 15 is 0 Å². The fraction of sp³-hybridized carbons (Fsp3) is 0. The largest absolute Gasteiger partial charge is 0.456 e. The van der Waals surface area contributed by atoms with Crippen molar-refractivity contribution < 1.29 is 4.42 Å². The third-order valence-electron chi connectivity index (χ3n) is 11.2. The second-order valence-electron chi connectivity index (χ2n) is 14.4. The summed E-state index contributed by atoms with van der Waals surface area (Å²) in [5, 5.41) is 6.70. The summed E-state index contributed by atoms with van der Waals surface area (Å²) in [6.07, 6.45) is 0. The topological polar surface area (TPSA) is 61.7 Å². The van der Waals surface area contributed by atoms with Gasteiger partial charge < -0.3 is 8.98 Å². The molecular formula is C51H31N5O. The zero-order chi connectivity index (χ0) is 37.5.